The third-order valence-electron chi connectivity index (χ3n) is 2.83. The number of halogens is 1. The first-order chi connectivity index (χ1) is 8.47. The number of carboxylic acids is 1. The Bertz CT molecular complexity index is 663. The highest BCUT2D eigenvalue weighted by Gasteiger charge is 2.14. The molecule has 0 aliphatic carbocycles. The lowest BCUT2D eigenvalue weighted by Crippen LogP contribution is -2.19. The zero-order valence-electron chi connectivity index (χ0n) is 9.74. The molecule has 18 heavy (non-hydrogen) atoms. The van der Waals surface area contributed by atoms with Crippen molar-refractivity contribution in [2.75, 3.05) is 0 Å². The summed E-state index contributed by atoms with van der Waals surface area (Å²) < 4.78 is 0. The number of aliphatic carboxylic acids is 1. The second kappa shape index (κ2) is 4.82. The van der Waals surface area contributed by atoms with Gasteiger partial charge in [0.25, 0.3) is 5.56 Å². The van der Waals surface area contributed by atoms with E-state index in [1.165, 1.54) is 0 Å². The number of rotatable bonds is 3. The van der Waals surface area contributed by atoms with Gasteiger partial charge in [0.2, 0.25) is 0 Å². The van der Waals surface area contributed by atoms with Crippen molar-refractivity contribution in [3.8, 4) is 0 Å². The van der Waals surface area contributed by atoms with Crippen LogP contribution in [0.15, 0.2) is 29.1 Å². The second-order valence-corrected chi connectivity index (χ2v) is 4.74. The Hall–Kier alpha value is -1.81. The fraction of sp³-hybridized carbons (Fsp3) is 0.231. The molecular weight excluding hydrogens is 254 g/mol. The molecule has 4 nitrogen and oxygen atoms in total. The molecule has 1 atom stereocenters. The number of nitrogens with one attached hydrogen (secondary N) is 1. The van der Waals surface area contributed by atoms with Gasteiger partial charge in [-0.2, -0.15) is 0 Å². The summed E-state index contributed by atoms with van der Waals surface area (Å²) in [6, 6.07) is 6.90. The molecule has 2 rings (SSSR count). The van der Waals surface area contributed by atoms with Crippen LogP contribution in [-0.2, 0) is 11.2 Å². The van der Waals surface area contributed by atoms with Gasteiger partial charge in [0.1, 0.15) is 0 Å². The van der Waals surface area contributed by atoms with Crippen molar-refractivity contribution in [2.45, 2.75) is 13.3 Å². The number of fused-ring (bicyclic) bond motifs is 1. The lowest BCUT2D eigenvalue weighted by Gasteiger charge is -2.07. The summed E-state index contributed by atoms with van der Waals surface area (Å²) in [5.74, 6) is -1.50. The molecule has 94 valence electrons. The van der Waals surface area contributed by atoms with Crippen LogP contribution in [0.1, 0.15) is 12.5 Å². The number of pyridine rings is 1. The van der Waals surface area contributed by atoms with Crippen LogP contribution in [0.2, 0.25) is 5.02 Å². The van der Waals surface area contributed by atoms with Gasteiger partial charge in [0.05, 0.1) is 5.92 Å². The van der Waals surface area contributed by atoms with Gasteiger partial charge in [-0.3, -0.25) is 9.59 Å². The van der Waals surface area contributed by atoms with Crippen LogP contribution in [0.3, 0.4) is 0 Å². The predicted octanol–water partition coefficient (Wildman–Crippen LogP) is 2.44. The van der Waals surface area contributed by atoms with Gasteiger partial charge in [-0.1, -0.05) is 24.6 Å². The standard InChI is InChI=1S/C13H12ClNO3/c1-7(13(17)18)4-9-5-8-2-3-10(14)6-11(8)15-12(9)16/h2-3,5-7H,4H2,1H3,(H,15,16)(H,17,18). The van der Waals surface area contributed by atoms with Crippen LogP contribution in [0, 0.1) is 5.92 Å². The summed E-state index contributed by atoms with van der Waals surface area (Å²) in [7, 11) is 0. The molecule has 0 spiro atoms. The lowest BCUT2D eigenvalue weighted by molar-refractivity contribution is -0.141. The molecule has 2 N–H and O–H groups in total. The minimum Gasteiger partial charge on any atom is -0.481 e. The van der Waals surface area contributed by atoms with Crippen molar-refractivity contribution in [1.82, 2.24) is 4.98 Å². The predicted molar refractivity (Wildman–Crippen MR) is 70.1 cm³/mol. The first kappa shape index (κ1) is 12.6. The van der Waals surface area contributed by atoms with Crippen LogP contribution in [-0.4, -0.2) is 16.1 Å². The molecule has 0 radical (unpaired) electrons. The minimum absolute atomic E-state index is 0.212. The molecule has 1 aromatic heterocycles. The Morgan fingerprint density at radius 1 is 1.44 bits per heavy atom. The summed E-state index contributed by atoms with van der Waals surface area (Å²) in [5.41, 5.74) is 0.858. The van der Waals surface area contributed by atoms with Crippen molar-refractivity contribution in [3.63, 3.8) is 0 Å². The van der Waals surface area contributed by atoms with Gasteiger partial charge < -0.3 is 10.1 Å². The summed E-state index contributed by atoms with van der Waals surface area (Å²) in [6.07, 6.45) is 0.212. The molecule has 1 unspecified atom stereocenters. The summed E-state index contributed by atoms with van der Waals surface area (Å²) in [5, 5.41) is 10.2. The monoisotopic (exact) mass is 265 g/mol. The third kappa shape index (κ3) is 2.54. The lowest BCUT2D eigenvalue weighted by atomic mass is 10.0. The molecule has 0 saturated heterocycles. The molecule has 0 amide bonds. The van der Waals surface area contributed by atoms with E-state index >= 15 is 0 Å². The van der Waals surface area contributed by atoms with Crippen LogP contribution < -0.4 is 5.56 Å². The van der Waals surface area contributed by atoms with Crippen LogP contribution in [0.4, 0.5) is 0 Å². The molecule has 1 aromatic carbocycles. The van der Waals surface area contributed by atoms with Crippen molar-refractivity contribution in [3.05, 3.63) is 45.2 Å². The van der Waals surface area contributed by atoms with Gasteiger partial charge in [-0.25, -0.2) is 0 Å². The van der Waals surface area contributed by atoms with Crippen LogP contribution in [0.5, 0.6) is 0 Å². The highest BCUT2D eigenvalue weighted by atomic mass is 35.5. The van der Waals surface area contributed by atoms with E-state index < -0.39 is 11.9 Å². The number of hydrogen-bond donors (Lipinski definition) is 2. The van der Waals surface area contributed by atoms with Gasteiger partial charge in [-0.15, -0.1) is 0 Å². The molecule has 0 saturated carbocycles. The number of aromatic nitrogens is 1. The number of aromatic amines is 1. The van der Waals surface area contributed by atoms with Crippen molar-refractivity contribution < 1.29 is 9.90 Å². The maximum absolute atomic E-state index is 11.8. The molecule has 0 aliphatic heterocycles. The molecule has 0 fully saturated rings. The molecule has 0 bridgehead atoms. The number of benzene rings is 1. The second-order valence-electron chi connectivity index (χ2n) is 4.30. The van der Waals surface area contributed by atoms with Gasteiger partial charge in [-0.05, 0) is 30.0 Å². The Kier molecular flexibility index (Phi) is 3.39. The topological polar surface area (TPSA) is 70.2 Å². The number of carboxylic acid groups (broad SMARTS) is 1. The summed E-state index contributed by atoms with van der Waals surface area (Å²) in [6.45, 7) is 1.58. The SMILES string of the molecule is CC(Cc1cc2ccc(Cl)cc2[nH]c1=O)C(=O)O. The van der Waals surface area contributed by atoms with E-state index in [1.54, 1.807) is 31.2 Å². The molecule has 1 heterocycles. The van der Waals surface area contributed by atoms with E-state index in [1.807, 2.05) is 0 Å². The van der Waals surface area contributed by atoms with E-state index in [-0.39, 0.29) is 12.0 Å². The quantitative estimate of drug-likeness (QED) is 0.895. The largest absolute Gasteiger partial charge is 0.481 e. The van der Waals surface area contributed by atoms with Gasteiger partial charge in [0.15, 0.2) is 0 Å². The normalized spacial score (nSPS) is 12.6. The maximum atomic E-state index is 11.8. The van der Waals surface area contributed by atoms with E-state index in [2.05, 4.69) is 4.98 Å². The van der Waals surface area contributed by atoms with E-state index in [0.29, 0.717) is 16.1 Å². The average Bonchev–Trinajstić information content (AvgIpc) is 2.30. The number of hydrogen-bond acceptors (Lipinski definition) is 2. The fourth-order valence-electron chi connectivity index (χ4n) is 1.79. The molecular formula is C13H12ClNO3. The van der Waals surface area contributed by atoms with Crippen LogP contribution in [0.25, 0.3) is 10.9 Å². The maximum Gasteiger partial charge on any atom is 0.306 e. The smallest absolute Gasteiger partial charge is 0.306 e. The molecule has 0 aliphatic rings. The van der Waals surface area contributed by atoms with E-state index in [0.717, 1.165) is 5.39 Å². The van der Waals surface area contributed by atoms with Gasteiger partial charge in [0, 0.05) is 16.1 Å². The fourth-order valence-corrected chi connectivity index (χ4v) is 1.96. The zero-order valence-corrected chi connectivity index (χ0v) is 10.5. The van der Waals surface area contributed by atoms with Crippen molar-refractivity contribution in [2.24, 2.45) is 5.92 Å². The number of carbonyl (C=O) groups is 1. The first-order valence-electron chi connectivity index (χ1n) is 5.51. The first-order valence-corrected chi connectivity index (χ1v) is 5.89. The van der Waals surface area contributed by atoms with E-state index in [9.17, 15) is 9.59 Å². The summed E-state index contributed by atoms with van der Waals surface area (Å²) >= 11 is 5.84. The van der Waals surface area contributed by atoms with Crippen LogP contribution >= 0.6 is 11.6 Å². The Morgan fingerprint density at radius 2 is 2.17 bits per heavy atom. The van der Waals surface area contributed by atoms with Crippen molar-refractivity contribution >= 4 is 28.5 Å². The Labute approximate surface area is 108 Å². The Morgan fingerprint density at radius 3 is 2.83 bits per heavy atom. The van der Waals surface area contributed by atoms with Crippen molar-refractivity contribution in [1.29, 1.82) is 0 Å². The van der Waals surface area contributed by atoms with E-state index in [4.69, 9.17) is 16.7 Å². The highest BCUT2D eigenvalue weighted by molar-refractivity contribution is 6.31. The number of H-pyrrole nitrogens is 1. The van der Waals surface area contributed by atoms with Gasteiger partial charge >= 0.3 is 5.97 Å². The molecule has 5 heteroatoms. The third-order valence-corrected chi connectivity index (χ3v) is 3.07. The average molecular weight is 266 g/mol. The Balaban J connectivity index is 2.47. The molecule has 2 aromatic rings. The highest BCUT2D eigenvalue weighted by Crippen LogP contribution is 2.17. The summed E-state index contributed by atoms with van der Waals surface area (Å²) in [4.78, 5) is 25.3. The minimum atomic E-state index is -0.911. The zero-order chi connectivity index (χ0) is 13.3.